The first-order valence-electron chi connectivity index (χ1n) is 6.78. The van der Waals surface area contributed by atoms with Crippen LogP contribution in [0.25, 0.3) is 0 Å². The number of aliphatic hydroxyl groups is 1. The van der Waals surface area contributed by atoms with E-state index in [0.29, 0.717) is 6.04 Å². The van der Waals surface area contributed by atoms with Crippen molar-refractivity contribution in [3.8, 4) is 0 Å². The van der Waals surface area contributed by atoms with Crippen molar-refractivity contribution in [1.82, 2.24) is 14.9 Å². The van der Waals surface area contributed by atoms with E-state index >= 15 is 0 Å². The number of nitrogens with one attached hydrogen (secondary N) is 1. The Morgan fingerprint density at radius 1 is 1.32 bits per heavy atom. The molecule has 0 amide bonds. The summed E-state index contributed by atoms with van der Waals surface area (Å²) in [4.78, 5) is 4.22. The zero-order valence-electron chi connectivity index (χ0n) is 10.9. The Morgan fingerprint density at radius 3 is 2.79 bits per heavy atom. The Hall–Kier alpha value is -1.65. The molecule has 1 aromatic carbocycles. The van der Waals surface area contributed by atoms with E-state index < -0.39 is 0 Å². The predicted octanol–water partition coefficient (Wildman–Crippen LogP) is 2.04. The van der Waals surface area contributed by atoms with Crippen LogP contribution in [0.4, 0.5) is 0 Å². The van der Waals surface area contributed by atoms with Crippen molar-refractivity contribution in [2.24, 2.45) is 0 Å². The first kappa shape index (κ1) is 12.4. The number of aliphatic hydroxyl groups excluding tert-OH is 1. The highest BCUT2D eigenvalue weighted by molar-refractivity contribution is 5.19. The lowest BCUT2D eigenvalue weighted by Crippen LogP contribution is -2.25. The molecule has 1 aliphatic carbocycles. The van der Waals surface area contributed by atoms with Gasteiger partial charge in [-0.2, -0.15) is 0 Å². The van der Waals surface area contributed by atoms with Gasteiger partial charge in [-0.25, -0.2) is 4.98 Å². The number of benzene rings is 1. The Labute approximate surface area is 113 Å². The van der Waals surface area contributed by atoms with Crippen molar-refractivity contribution in [2.45, 2.75) is 31.5 Å². The van der Waals surface area contributed by atoms with Crippen LogP contribution < -0.4 is 5.32 Å². The number of nitrogens with zero attached hydrogens (tertiary/aromatic N) is 2. The minimum atomic E-state index is -0.0243. The van der Waals surface area contributed by atoms with Gasteiger partial charge in [0.15, 0.2) is 0 Å². The van der Waals surface area contributed by atoms with Gasteiger partial charge < -0.3 is 15.0 Å². The maximum Gasteiger partial charge on any atom is 0.0951 e. The molecule has 1 fully saturated rings. The second-order valence-corrected chi connectivity index (χ2v) is 5.05. The highest BCUT2D eigenvalue weighted by atomic mass is 16.3. The summed E-state index contributed by atoms with van der Waals surface area (Å²) in [6.45, 7) is 0.832. The van der Waals surface area contributed by atoms with Gasteiger partial charge in [0.25, 0.3) is 0 Å². The molecule has 1 aliphatic rings. The molecule has 0 saturated heterocycles. The first-order chi connectivity index (χ1) is 9.38. The minimum Gasteiger partial charge on any atom is -0.394 e. The summed E-state index contributed by atoms with van der Waals surface area (Å²) in [6.07, 6.45) is 6.33. The van der Waals surface area contributed by atoms with Gasteiger partial charge in [0.05, 0.1) is 24.7 Å². The highest BCUT2D eigenvalue weighted by Gasteiger charge is 2.25. The fourth-order valence-electron chi connectivity index (χ4n) is 2.35. The lowest BCUT2D eigenvalue weighted by molar-refractivity contribution is 0.243. The molecule has 100 valence electrons. The maximum atomic E-state index is 9.51. The SMILES string of the molecule is OC[C@H](NCc1cncn1C1CC1)c1ccccc1. The van der Waals surface area contributed by atoms with Crippen LogP contribution >= 0.6 is 0 Å². The Bertz CT molecular complexity index is 519. The average molecular weight is 257 g/mol. The number of hydrogen-bond donors (Lipinski definition) is 2. The summed E-state index contributed by atoms with van der Waals surface area (Å²) in [7, 11) is 0. The average Bonchev–Trinajstić information content (AvgIpc) is 3.20. The molecule has 0 unspecified atom stereocenters. The molecule has 19 heavy (non-hydrogen) atoms. The smallest absolute Gasteiger partial charge is 0.0951 e. The number of rotatable bonds is 6. The molecule has 0 bridgehead atoms. The van der Waals surface area contributed by atoms with Crippen LogP contribution in [0.1, 0.15) is 36.2 Å². The van der Waals surface area contributed by atoms with Crippen LogP contribution in [-0.2, 0) is 6.54 Å². The molecule has 1 atom stereocenters. The third-order valence-corrected chi connectivity index (χ3v) is 3.60. The topological polar surface area (TPSA) is 50.1 Å². The number of imidazole rings is 1. The van der Waals surface area contributed by atoms with Gasteiger partial charge in [0.2, 0.25) is 0 Å². The molecule has 0 aliphatic heterocycles. The first-order valence-corrected chi connectivity index (χ1v) is 6.78. The van der Waals surface area contributed by atoms with Crippen molar-refractivity contribution in [1.29, 1.82) is 0 Å². The van der Waals surface area contributed by atoms with E-state index in [-0.39, 0.29) is 12.6 Å². The zero-order chi connectivity index (χ0) is 13.1. The maximum absolute atomic E-state index is 9.51. The van der Waals surface area contributed by atoms with E-state index in [1.165, 1.54) is 18.5 Å². The van der Waals surface area contributed by atoms with E-state index in [2.05, 4.69) is 14.9 Å². The van der Waals surface area contributed by atoms with Gasteiger partial charge in [0, 0.05) is 18.8 Å². The summed E-state index contributed by atoms with van der Waals surface area (Å²) < 4.78 is 2.24. The molecule has 1 aromatic heterocycles. The van der Waals surface area contributed by atoms with E-state index in [9.17, 15) is 5.11 Å². The summed E-state index contributed by atoms with van der Waals surface area (Å²) in [5.74, 6) is 0. The van der Waals surface area contributed by atoms with Gasteiger partial charge in [0.1, 0.15) is 0 Å². The van der Waals surface area contributed by atoms with E-state index in [4.69, 9.17) is 0 Å². The molecule has 1 saturated carbocycles. The Morgan fingerprint density at radius 2 is 2.11 bits per heavy atom. The van der Waals surface area contributed by atoms with Crippen LogP contribution in [0.5, 0.6) is 0 Å². The summed E-state index contributed by atoms with van der Waals surface area (Å²) >= 11 is 0. The molecule has 4 nitrogen and oxygen atoms in total. The molecule has 2 aromatic rings. The third-order valence-electron chi connectivity index (χ3n) is 3.60. The molecule has 1 heterocycles. The summed E-state index contributed by atoms with van der Waals surface area (Å²) in [6, 6.07) is 10.7. The molecule has 0 spiro atoms. The monoisotopic (exact) mass is 257 g/mol. The van der Waals surface area contributed by atoms with Gasteiger partial charge in [-0.05, 0) is 18.4 Å². The molecule has 0 radical (unpaired) electrons. The lowest BCUT2D eigenvalue weighted by atomic mass is 10.1. The van der Waals surface area contributed by atoms with Gasteiger partial charge in [-0.1, -0.05) is 30.3 Å². The Balaban J connectivity index is 1.65. The standard InChI is InChI=1S/C15H19N3O/c19-10-15(12-4-2-1-3-5-12)17-9-14-8-16-11-18(14)13-6-7-13/h1-5,8,11,13,15,17,19H,6-7,9-10H2/t15-/m0/s1. The minimum absolute atomic E-state index is 0.0243. The van der Waals surface area contributed by atoms with Gasteiger partial charge in [-0.15, -0.1) is 0 Å². The highest BCUT2D eigenvalue weighted by Crippen LogP contribution is 2.35. The van der Waals surface area contributed by atoms with Gasteiger partial charge >= 0.3 is 0 Å². The van der Waals surface area contributed by atoms with Crippen molar-refractivity contribution in [2.75, 3.05) is 6.61 Å². The van der Waals surface area contributed by atoms with Crippen LogP contribution in [0.2, 0.25) is 0 Å². The molecule has 4 heteroatoms. The summed E-state index contributed by atoms with van der Waals surface area (Å²) in [5, 5.41) is 12.9. The molecule has 3 rings (SSSR count). The fourth-order valence-corrected chi connectivity index (χ4v) is 2.35. The quantitative estimate of drug-likeness (QED) is 0.832. The van der Waals surface area contributed by atoms with Crippen molar-refractivity contribution in [3.63, 3.8) is 0 Å². The van der Waals surface area contributed by atoms with Crippen LogP contribution in [-0.4, -0.2) is 21.3 Å². The third kappa shape index (κ3) is 2.85. The normalized spacial score (nSPS) is 16.5. The molecule has 2 N–H and O–H groups in total. The zero-order valence-corrected chi connectivity index (χ0v) is 10.9. The predicted molar refractivity (Wildman–Crippen MR) is 73.6 cm³/mol. The Kier molecular flexibility index (Phi) is 3.62. The second-order valence-electron chi connectivity index (χ2n) is 5.05. The van der Waals surface area contributed by atoms with Crippen molar-refractivity contribution >= 4 is 0 Å². The van der Waals surface area contributed by atoms with Crippen molar-refractivity contribution in [3.05, 3.63) is 54.1 Å². The number of hydrogen-bond acceptors (Lipinski definition) is 3. The number of aromatic nitrogens is 2. The second kappa shape index (κ2) is 5.55. The van der Waals surface area contributed by atoms with Crippen molar-refractivity contribution < 1.29 is 5.11 Å². The van der Waals surface area contributed by atoms with Gasteiger partial charge in [-0.3, -0.25) is 0 Å². The van der Waals surface area contributed by atoms with Crippen LogP contribution in [0, 0.1) is 0 Å². The molecular weight excluding hydrogens is 238 g/mol. The van der Waals surface area contributed by atoms with E-state index in [1.54, 1.807) is 0 Å². The lowest BCUT2D eigenvalue weighted by Gasteiger charge is -2.17. The van der Waals surface area contributed by atoms with E-state index in [0.717, 1.165) is 12.1 Å². The van der Waals surface area contributed by atoms with E-state index in [1.807, 2.05) is 42.9 Å². The van der Waals surface area contributed by atoms with Crippen LogP contribution in [0.3, 0.4) is 0 Å². The summed E-state index contributed by atoms with van der Waals surface area (Å²) in [5.41, 5.74) is 2.30. The largest absolute Gasteiger partial charge is 0.394 e. The molecular formula is C15H19N3O. The van der Waals surface area contributed by atoms with Crippen LogP contribution in [0.15, 0.2) is 42.9 Å². The fraction of sp³-hybridized carbons (Fsp3) is 0.400.